The Morgan fingerprint density at radius 2 is 1.96 bits per heavy atom. The van der Waals surface area contributed by atoms with Gasteiger partial charge in [0.15, 0.2) is 0 Å². The molecule has 2 aromatic rings. The predicted molar refractivity (Wildman–Crippen MR) is 91.1 cm³/mol. The molecule has 5 nitrogen and oxygen atoms in total. The lowest BCUT2D eigenvalue weighted by Gasteiger charge is -2.19. The van der Waals surface area contributed by atoms with Gasteiger partial charge in [0, 0.05) is 17.1 Å². The molecule has 0 spiro atoms. The Morgan fingerprint density at radius 3 is 2.52 bits per heavy atom. The smallest absolute Gasteiger partial charge is 0.323 e. The molecule has 23 heavy (non-hydrogen) atoms. The van der Waals surface area contributed by atoms with Crippen LogP contribution in [0.3, 0.4) is 0 Å². The van der Waals surface area contributed by atoms with Crippen LogP contribution < -0.4 is 0 Å². The molecule has 1 heterocycles. The molecule has 1 amide bonds. The Balaban J connectivity index is 2.30. The van der Waals surface area contributed by atoms with Gasteiger partial charge in [-0.15, -0.1) is 11.3 Å². The molecular weight excluding hydrogens is 336 g/mol. The predicted octanol–water partition coefficient (Wildman–Crippen LogP) is 3.71. The van der Waals surface area contributed by atoms with Crippen LogP contribution in [0.25, 0.3) is 10.6 Å². The summed E-state index contributed by atoms with van der Waals surface area (Å²) in [6, 6.07) is 7.22. The zero-order chi connectivity index (χ0) is 17.0. The number of halogens is 1. The first-order chi connectivity index (χ1) is 10.9. The zero-order valence-electron chi connectivity index (χ0n) is 12.9. The van der Waals surface area contributed by atoms with Crippen molar-refractivity contribution in [1.82, 2.24) is 9.88 Å². The van der Waals surface area contributed by atoms with Gasteiger partial charge in [0.1, 0.15) is 16.4 Å². The minimum atomic E-state index is -1.02. The van der Waals surface area contributed by atoms with Crippen molar-refractivity contribution in [2.24, 2.45) is 0 Å². The van der Waals surface area contributed by atoms with Crippen molar-refractivity contribution in [3.05, 3.63) is 39.9 Å². The fourth-order valence-corrected chi connectivity index (χ4v) is 3.31. The highest BCUT2D eigenvalue weighted by Crippen LogP contribution is 2.29. The second-order valence-corrected chi connectivity index (χ2v) is 6.50. The SMILES string of the molecule is CCCN(CC(=O)O)C(=O)c1sc(-c2ccc(Cl)cc2)nc1C. The second-order valence-electron chi connectivity index (χ2n) is 5.06. The van der Waals surface area contributed by atoms with Crippen LogP contribution in [0.15, 0.2) is 24.3 Å². The fraction of sp³-hybridized carbons (Fsp3) is 0.312. The highest BCUT2D eigenvalue weighted by molar-refractivity contribution is 7.17. The Hall–Kier alpha value is -1.92. The van der Waals surface area contributed by atoms with Crippen LogP contribution in [0.1, 0.15) is 28.7 Å². The number of aromatic nitrogens is 1. The van der Waals surface area contributed by atoms with Gasteiger partial charge in [0.2, 0.25) is 0 Å². The van der Waals surface area contributed by atoms with E-state index < -0.39 is 5.97 Å². The Kier molecular flexibility index (Phi) is 5.74. The third-order valence-corrected chi connectivity index (χ3v) is 4.64. The standard InChI is InChI=1S/C16H17ClN2O3S/c1-3-8-19(9-13(20)21)16(22)14-10(2)18-15(23-14)11-4-6-12(17)7-5-11/h4-7H,3,8-9H2,1-2H3,(H,20,21). The maximum Gasteiger partial charge on any atom is 0.323 e. The molecule has 7 heteroatoms. The van der Waals surface area contributed by atoms with Crippen molar-refractivity contribution in [1.29, 1.82) is 0 Å². The van der Waals surface area contributed by atoms with Gasteiger partial charge in [-0.2, -0.15) is 0 Å². The van der Waals surface area contributed by atoms with Crippen LogP contribution in [-0.2, 0) is 4.79 Å². The molecule has 2 rings (SSSR count). The van der Waals surface area contributed by atoms with Crippen LogP contribution in [-0.4, -0.2) is 40.0 Å². The number of nitrogens with zero attached hydrogens (tertiary/aromatic N) is 2. The summed E-state index contributed by atoms with van der Waals surface area (Å²) in [5.41, 5.74) is 1.48. The third-order valence-electron chi connectivity index (χ3n) is 3.19. The van der Waals surface area contributed by atoms with Crippen molar-refractivity contribution < 1.29 is 14.7 Å². The first-order valence-corrected chi connectivity index (χ1v) is 8.36. The molecule has 0 bridgehead atoms. The molecule has 0 radical (unpaired) electrons. The quantitative estimate of drug-likeness (QED) is 0.860. The maximum atomic E-state index is 12.6. The topological polar surface area (TPSA) is 70.5 Å². The normalized spacial score (nSPS) is 10.6. The Morgan fingerprint density at radius 1 is 1.30 bits per heavy atom. The lowest BCUT2D eigenvalue weighted by molar-refractivity contribution is -0.137. The molecule has 122 valence electrons. The van der Waals surface area contributed by atoms with E-state index in [1.165, 1.54) is 16.2 Å². The molecular formula is C16H17ClN2O3S. The summed E-state index contributed by atoms with van der Waals surface area (Å²) in [4.78, 5) is 29.8. The number of carbonyl (C=O) groups excluding carboxylic acids is 1. The zero-order valence-corrected chi connectivity index (χ0v) is 14.4. The number of carbonyl (C=O) groups is 2. The minimum absolute atomic E-state index is 0.288. The molecule has 0 aliphatic heterocycles. The highest BCUT2D eigenvalue weighted by Gasteiger charge is 2.23. The number of thiazole rings is 1. The number of aliphatic carboxylic acids is 1. The van der Waals surface area contributed by atoms with Gasteiger partial charge < -0.3 is 10.0 Å². The van der Waals surface area contributed by atoms with Crippen molar-refractivity contribution in [2.45, 2.75) is 20.3 Å². The van der Waals surface area contributed by atoms with Gasteiger partial charge >= 0.3 is 5.97 Å². The number of aryl methyl sites for hydroxylation is 1. The van der Waals surface area contributed by atoms with E-state index in [9.17, 15) is 9.59 Å². The molecule has 1 aromatic heterocycles. The van der Waals surface area contributed by atoms with Crippen LogP contribution in [0, 0.1) is 6.92 Å². The number of carboxylic acids is 1. The van der Waals surface area contributed by atoms with Gasteiger partial charge in [0.25, 0.3) is 5.91 Å². The van der Waals surface area contributed by atoms with E-state index in [0.29, 0.717) is 33.6 Å². The van der Waals surface area contributed by atoms with E-state index in [4.69, 9.17) is 16.7 Å². The molecule has 1 aromatic carbocycles. The first kappa shape index (κ1) is 17.4. The van der Waals surface area contributed by atoms with Crippen molar-refractivity contribution in [2.75, 3.05) is 13.1 Å². The van der Waals surface area contributed by atoms with Crippen LogP contribution in [0.2, 0.25) is 5.02 Å². The summed E-state index contributed by atoms with van der Waals surface area (Å²) in [6.45, 7) is 3.76. The van der Waals surface area contributed by atoms with Gasteiger partial charge in [-0.1, -0.05) is 30.7 Å². The fourth-order valence-electron chi connectivity index (χ4n) is 2.14. The number of hydrogen-bond donors (Lipinski definition) is 1. The lowest BCUT2D eigenvalue weighted by Crippen LogP contribution is -2.36. The average molecular weight is 353 g/mol. The monoisotopic (exact) mass is 352 g/mol. The summed E-state index contributed by atoms with van der Waals surface area (Å²) in [6.07, 6.45) is 0.695. The number of hydrogen-bond acceptors (Lipinski definition) is 4. The molecule has 0 fully saturated rings. The molecule has 0 saturated carbocycles. The van der Waals surface area contributed by atoms with Crippen molar-refractivity contribution in [3.63, 3.8) is 0 Å². The summed E-state index contributed by atoms with van der Waals surface area (Å²) >= 11 is 7.15. The van der Waals surface area contributed by atoms with Crippen LogP contribution in [0.5, 0.6) is 0 Å². The Bertz CT molecular complexity index is 713. The average Bonchev–Trinajstić information content (AvgIpc) is 2.88. The number of carboxylic acid groups (broad SMARTS) is 1. The lowest BCUT2D eigenvalue weighted by atomic mass is 10.2. The van der Waals surface area contributed by atoms with E-state index in [1.54, 1.807) is 19.1 Å². The van der Waals surface area contributed by atoms with Crippen molar-refractivity contribution in [3.8, 4) is 10.6 Å². The Labute approximate surface area is 143 Å². The first-order valence-electron chi connectivity index (χ1n) is 7.16. The second kappa shape index (κ2) is 7.57. The minimum Gasteiger partial charge on any atom is -0.480 e. The highest BCUT2D eigenvalue weighted by atomic mass is 35.5. The van der Waals surface area contributed by atoms with Crippen LogP contribution >= 0.6 is 22.9 Å². The van der Waals surface area contributed by atoms with E-state index in [-0.39, 0.29) is 12.5 Å². The van der Waals surface area contributed by atoms with E-state index >= 15 is 0 Å². The maximum absolute atomic E-state index is 12.6. The number of benzene rings is 1. The van der Waals surface area contributed by atoms with Crippen molar-refractivity contribution >= 4 is 34.8 Å². The van der Waals surface area contributed by atoms with Gasteiger partial charge in [0.05, 0.1) is 5.69 Å². The third kappa shape index (κ3) is 4.30. The molecule has 0 atom stereocenters. The van der Waals surface area contributed by atoms with E-state index in [2.05, 4.69) is 4.98 Å². The molecule has 1 N–H and O–H groups in total. The molecule has 0 unspecified atom stereocenters. The number of rotatable bonds is 6. The number of amides is 1. The van der Waals surface area contributed by atoms with Gasteiger partial charge in [-0.05, 0) is 25.5 Å². The molecule has 0 aliphatic rings. The summed E-state index contributed by atoms with van der Waals surface area (Å²) in [7, 11) is 0. The molecule has 0 aliphatic carbocycles. The largest absolute Gasteiger partial charge is 0.480 e. The van der Waals surface area contributed by atoms with E-state index in [0.717, 1.165) is 5.56 Å². The van der Waals surface area contributed by atoms with Gasteiger partial charge in [-0.25, -0.2) is 4.98 Å². The summed E-state index contributed by atoms with van der Waals surface area (Å²) < 4.78 is 0. The van der Waals surface area contributed by atoms with E-state index in [1.807, 2.05) is 19.1 Å². The summed E-state index contributed by atoms with van der Waals surface area (Å²) in [5.74, 6) is -1.31. The summed E-state index contributed by atoms with van der Waals surface area (Å²) in [5, 5.41) is 10.3. The van der Waals surface area contributed by atoms with Crippen LogP contribution in [0.4, 0.5) is 0 Å². The molecule has 0 saturated heterocycles. The van der Waals surface area contributed by atoms with Gasteiger partial charge in [-0.3, -0.25) is 9.59 Å².